The second-order valence-electron chi connectivity index (χ2n) is 7.96. The zero-order chi connectivity index (χ0) is 18.7. The van der Waals surface area contributed by atoms with Crippen molar-refractivity contribution in [3.63, 3.8) is 0 Å². The Morgan fingerprint density at radius 2 is 2.00 bits per heavy atom. The highest BCUT2D eigenvalue weighted by Gasteiger charge is 2.59. The fraction of sp³-hybridized carbons (Fsp3) is 0.706. The highest BCUT2D eigenvalue weighted by atomic mass is 32.2. The lowest BCUT2D eigenvalue weighted by Crippen LogP contribution is -2.42. The van der Waals surface area contributed by atoms with E-state index in [2.05, 4.69) is 4.98 Å². The summed E-state index contributed by atoms with van der Waals surface area (Å²) in [5.74, 6) is -0.145. The van der Waals surface area contributed by atoms with Crippen molar-refractivity contribution in [2.24, 2.45) is 11.3 Å². The number of carboxylic acids is 1. The van der Waals surface area contributed by atoms with Gasteiger partial charge in [0.2, 0.25) is 16.0 Å². The number of anilines is 1. The highest BCUT2D eigenvalue weighted by Crippen LogP contribution is 2.45. The van der Waals surface area contributed by atoms with Crippen LogP contribution in [-0.2, 0) is 14.8 Å². The smallest absolute Gasteiger partial charge is 0.313 e. The van der Waals surface area contributed by atoms with Gasteiger partial charge in [0.05, 0.1) is 6.26 Å². The number of hydrogen-bond donors (Lipinski definition) is 1. The second-order valence-corrected chi connectivity index (χ2v) is 9.94. The third kappa shape index (κ3) is 2.77. The van der Waals surface area contributed by atoms with E-state index in [-0.39, 0.29) is 25.6 Å². The van der Waals surface area contributed by atoms with Crippen LogP contribution < -0.4 is 4.90 Å². The molecule has 1 aromatic heterocycles. The first kappa shape index (κ1) is 17.7. The van der Waals surface area contributed by atoms with Crippen LogP contribution in [0.4, 0.5) is 5.95 Å². The molecule has 2 aliphatic heterocycles. The van der Waals surface area contributed by atoms with Gasteiger partial charge in [0, 0.05) is 49.4 Å². The Kier molecular flexibility index (Phi) is 4.00. The van der Waals surface area contributed by atoms with Crippen molar-refractivity contribution in [3.05, 3.63) is 17.5 Å². The summed E-state index contributed by atoms with van der Waals surface area (Å²) in [6, 6.07) is 2.02. The fourth-order valence-electron chi connectivity index (χ4n) is 4.36. The number of rotatable bonds is 4. The third-order valence-corrected chi connectivity index (χ3v) is 7.36. The standard InChI is InChI=1S/C17H24N4O4S/c1-11-6-14(12-4-3-5-12)19-16(18-11)20-7-13-8-21(26(2,24)25)10-17(13,9-20)15(22)23/h6,12-13H,3-5,7-10H2,1-2H3,(H,22,23)/t13-,17-/m0/s1. The maximum Gasteiger partial charge on any atom is 0.313 e. The number of carbonyl (C=O) groups is 1. The molecule has 1 aliphatic carbocycles. The topological polar surface area (TPSA) is 104 Å². The van der Waals surface area contributed by atoms with Crippen molar-refractivity contribution in [2.75, 3.05) is 37.3 Å². The van der Waals surface area contributed by atoms with Gasteiger partial charge in [0.15, 0.2) is 0 Å². The molecule has 26 heavy (non-hydrogen) atoms. The summed E-state index contributed by atoms with van der Waals surface area (Å²) in [4.78, 5) is 23.2. The van der Waals surface area contributed by atoms with Gasteiger partial charge in [-0.25, -0.2) is 22.7 Å². The molecule has 2 atom stereocenters. The van der Waals surface area contributed by atoms with Crippen LogP contribution in [0.2, 0.25) is 0 Å². The maximum absolute atomic E-state index is 12.1. The molecule has 0 aromatic carbocycles. The van der Waals surface area contributed by atoms with E-state index in [1.165, 1.54) is 10.7 Å². The Morgan fingerprint density at radius 3 is 2.54 bits per heavy atom. The molecule has 4 rings (SSSR count). The summed E-state index contributed by atoms with van der Waals surface area (Å²) in [5, 5.41) is 9.88. The maximum atomic E-state index is 12.1. The van der Waals surface area contributed by atoms with Gasteiger partial charge in [-0.3, -0.25) is 4.79 Å². The number of fused-ring (bicyclic) bond motifs is 1. The van der Waals surface area contributed by atoms with Crippen molar-refractivity contribution >= 4 is 21.9 Å². The first-order valence-corrected chi connectivity index (χ1v) is 10.8. The molecule has 1 saturated carbocycles. The van der Waals surface area contributed by atoms with Crippen LogP contribution in [0.25, 0.3) is 0 Å². The summed E-state index contributed by atoms with van der Waals surface area (Å²) in [6.07, 6.45) is 4.63. The fourth-order valence-corrected chi connectivity index (χ4v) is 5.27. The van der Waals surface area contributed by atoms with Gasteiger partial charge in [-0.2, -0.15) is 0 Å². The average Bonchev–Trinajstić information content (AvgIpc) is 2.99. The number of aliphatic carboxylic acids is 1. The molecule has 3 heterocycles. The Labute approximate surface area is 153 Å². The lowest BCUT2D eigenvalue weighted by molar-refractivity contribution is -0.148. The SMILES string of the molecule is Cc1cc(C2CCC2)nc(N2C[C@H]3CN(S(C)(=O)=O)C[C@@]3(C(=O)O)C2)n1. The summed E-state index contributed by atoms with van der Waals surface area (Å²) >= 11 is 0. The Balaban J connectivity index is 1.62. The molecular weight excluding hydrogens is 356 g/mol. The number of sulfonamides is 1. The summed E-state index contributed by atoms with van der Waals surface area (Å²) in [5.41, 5.74) is 0.835. The first-order valence-electron chi connectivity index (χ1n) is 8.98. The average molecular weight is 380 g/mol. The minimum atomic E-state index is -3.40. The number of aromatic nitrogens is 2. The molecule has 0 radical (unpaired) electrons. The lowest BCUT2D eigenvalue weighted by atomic mass is 9.81. The predicted octanol–water partition coefficient (Wildman–Crippen LogP) is 0.835. The number of hydrogen-bond acceptors (Lipinski definition) is 6. The van der Waals surface area contributed by atoms with Gasteiger partial charge in [-0.15, -0.1) is 0 Å². The van der Waals surface area contributed by atoms with Gasteiger partial charge in [0.25, 0.3) is 0 Å². The van der Waals surface area contributed by atoms with E-state index < -0.39 is 21.4 Å². The largest absolute Gasteiger partial charge is 0.481 e. The molecule has 9 heteroatoms. The van der Waals surface area contributed by atoms with Crippen molar-refractivity contribution < 1.29 is 18.3 Å². The molecule has 0 amide bonds. The van der Waals surface area contributed by atoms with Crippen LogP contribution in [0.1, 0.15) is 36.6 Å². The van der Waals surface area contributed by atoms with Crippen LogP contribution in [-0.4, -0.2) is 66.2 Å². The molecule has 3 fully saturated rings. The molecular formula is C17H24N4O4S. The molecule has 1 N–H and O–H groups in total. The van der Waals surface area contributed by atoms with E-state index in [0.29, 0.717) is 18.4 Å². The monoisotopic (exact) mass is 380 g/mol. The van der Waals surface area contributed by atoms with E-state index >= 15 is 0 Å². The molecule has 3 aliphatic rings. The van der Waals surface area contributed by atoms with Crippen LogP contribution in [0.15, 0.2) is 6.07 Å². The Bertz CT molecular complexity index is 854. The van der Waals surface area contributed by atoms with Gasteiger partial charge in [0.1, 0.15) is 5.41 Å². The van der Waals surface area contributed by atoms with Crippen molar-refractivity contribution in [1.82, 2.24) is 14.3 Å². The second kappa shape index (κ2) is 5.88. The zero-order valence-electron chi connectivity index (χ0n) is 15.1. The molecule has 0 bridgehead atoms. The molecule has 2 saturated heterocycles. The Hall–Kier alpha value is -1.74. The van der Waals surface area contributed by atoms with Crippen molar-refractivity contribution in [1.29, 1.82) is 0 Å². The zero-order valence-corrected chi connectivity index (χ0v) is 15.9. The molecule has 8 nitrogen and oxygen atoms in total. The summed E-state index contributed by atoms with van der Waals surface area (Å²) in [6.45, 7) is 2.90. The van der Waals surface area contributed by atoms with Gasteiger partial charge in [-0.1, -0.05) is 6.42 Å². The molecule has 1 aromatic rings. The number of carboxylic acid groups (broad SMARTS) is 1. The van der Waals surface area contributed by atoms with Crippen molar-refractivity contribution in [2.45, 2.75) is 32.1 Å². The minimum absolute atomic E-state index is 0.0175. The van der Waals surface area contributed by atoms with Gasteiger partial charge < -0.3 is 10.0 Å². The van der Waals surface area contributed by atoms with Crippen LogP contribution in [0.3, 0.4) is 0 Å². The van der Waals surface area contributed by atoms with Gasteiger partial charge >= 0.3 is 5.97 Å². The van der Waals surface area contributed by atoms with Gasteiger partial charge in [-0.05, 0) is 25.8 Å². The summed E-state index contributed by atoms with van der Waals surface area (Å²) < 4.78 is 25.1. The summed E-state index contributed by atoms with van der Waals surface area (Å²) in [7, 11) is -3.40. The van der Waals surface area contributed by atoms with E-state index in [4.69, 9.17) is 4.98 Å². The normalized spacial score (nSPS) is 29.6. The van der Waals surface area contributed by atoms with E-state index in [9.17, 15) is 18.3 Å². The van der Waals surface area contributed by atoms with Crippen molar-refractivity contribution in [3.8, 4) is 0 Å². The third-order valence-electron chi connectivity index (χ3n) is 6.14. The van der Waals surface area contributed by atoms with Crippen LogP contribution >= 0.6 is 0 Å². The minimum Gasteiger partial charge on any atom is -0.481 e. The molecule has 0 spiro atoms. The molecule has 142 valence electrons. The van der Waals surface area contributed by atoms with E-state index in [1.54, 1.807) is 0 Å². The number of aryl methyl sites for hydroxylation is 1. The van der Waals surface area contributed by atoms with E-state index in [1.807, 2.05) is 17.9 Å². The predicted molar refractivity (Wildman–Crippen MR) is 95.5 cm³/mol. The van der Waals surface area contributed by atoms with E-state index in [0.717, 1.165) is 30.5 Å². The Morgan fingerprint density at radius 1 is 1.27 bits per heavy atom. The number of nitrogens with zero attached hydrogens (tertiary/aromatic N) is 4. The lowest BCUT2D eigenvalue weighted by Gasteiger charge is -2.27. The quantitative estimate of drug-likeness (QED) is 0.825. The first-order chi connectivity index (χ1) is 12.2. The van der Waals surface area contributed by atoms with Crippen LogP contribution in [0.5, 0.6) is 0 Å². The highest BCUT2D eigenvalue weighted by molar-refractivity contribution is 7.88. The molecule has 0 unspecified atom stereocenters. The van der Waals surface area contributed by atoms with Crippen LogP contribution in [0, 0.1) is 18.3 Å².